The first kappa shape index (κ1) is 13.8. The highest BCUT2D eigenvalue weighted by Gasteiger charge is 2.47. The normalized spacial score (nSPS) is 18.8. The van der Waals surface area contributed by atoms with Crippen molar-refractivity contribution in [3.05, 3.63) is 21.3 Å². The van der Waals surface area contributed by atoms with Gasteiger partial charge in [-0.3, -0.25) is 4.79 Å². The van der Waals surface area contributed by atoms with Gasteiger partial charge in [-0.2, -0.15) is 0 Å². The molecule has 1 aliphatic carbocycles. The number of nitrogens with two attached hydrogens (primary N) is 1. The van der Waals surface area contributed by atoms with Crippen LogP contribution in [0.25, 0.3) is 0 Å². The van der Waals surface area contributed by atoms with Crippen molar-refractivity contribution in [2.24, 2.45) is 11.1 Å². The molecular weight excluding hydrogens is 288 g/mol. The molecule has 1 aromatic heterocycles. The summed E-state index contributed by atoms with van der Waals surface area (Å²) in [7, 11) is 0. The van der Waals surface area contributed by atoms with Crippen LogP contribution in [0, 0.1) is 5.41 Å². The molecule has 1 aromatic rings. The predicted molar refractivity (Wildman–Crippen MR) is 79.0 cm³/mol. The van der Waals surface area contributed by atoms with E-state index in [9.17, 15) is 4.79 Å². The summed E-state index contributed by atoms with van der Waals surface area (Å²) >= 11 is 12.4. The minimum atomic E-state index is -0.620. The minimum Gasteiger partial charge on any atom is -0.392 e. The zero-order valence-corrected chi connectivity index (χ0v) is 12.4. The highest BCUT2D eigenvalue weighted by molar-refractivity contribution is 7.80. The molecule has 1 saturated carbocycles. The number of amides is 1. The second-order valence-corrected chi connectivity index (χ2v) is 6.82. The van der Waals surface area contributed by atoms with Gasteiger partial charge >= 0.3 is 0 Å². The molecule has 3 nitrogen and oxygen atoms in total. The van der Waals surface area contributed by atoms with Gasteiger partial charge in [-0.05, 0) is 31.9 Å². The number of halogens is 1. The van der Waals surface area contributed by atoms with Crippen molar-refractivity contribution < 1.29 is 4.79 Å². The quantitative estimate of drug-likeness (QED) is 0.841. The Bertz CT molecular complexity index is 482. The van der Waals surface area contributed by atoms with E-state index in [1.54, 1.807) is 0 Å². The lowest BCUT2D eigenvalue weighted by Gasteiger charge is -2.39. The lowest BCUT2D eigenvalue weighted by atomic mass is 9.68. The van der Waals surface area contributed by atoms with Crippen molar-refractivity contribution in [1.82, 2.24) is 5.32 Å². The van der Waals surface area contributed by atoms with E-state index in [4.69, 9.17) is 29.6 Å². The van der Waals surface area contributed by atoms with Gasteiger partial charge in [-0.25, -0.2) is 0 Å². The van der Waals surface area contributed by atoms with E-state index in [0.717, 1.165) is 28.5 Å². The summed E-state index contributed by atoms with van der Waals surface area (Å²) in [5.41, 5.74) is 5.08. The molecule has 1 atom stereocenters. The van der Waals surface area contributed by atoms with Crippen LogP contribution in [0.15, 0.2) is 12.1 Å². The molecule has 0 spiro atoms. The van der Waals surface area contributed by atoms with Gasteiger partial charge in [0.2, 0.25) is 5.91 Å². The van der Waals surface area contributed by atoms with Crippen LogP contribution in [0.4, 0.5) is 0 Å². The summed E-state index contributed by atoms with van der Waals surface area (Å²) in [5, 5.41) is 2.98. The number of thiocarbonyl (C=S) groups is 1. The third-order valence-corrected chi connectivity index (χ3v) is 5.29. The molecule has 1 aliphatic rings. The summed E-state index contributed by atoms with van der Waals surface area (Å²) < 4.78 is 0.721. The lowest BCUT2D eigenvalue weighted by Crippen LogP contribution is -2.53. The Hall–Kier alpha value is -0.650. The zero-order chi connectivity index (χ0) is 13.3. The van der Waals surface area contributed by atoms with Gasteiger partial charge in [-0.15, -0.1) is 11.3 Å². The summed E-state index contributed by atoms with van der Waals surface area (Å²) in [6, 6.07) is 3.69. The molecule has 0 saturated heterocycles. The van der Waals surface area contributed by atoms with Gasteiger partial charge in [0.15, 0.2) is 0 Å². The number of nitrogens with one attached hydrogen (secondary N) is 1. The van der Waals surface area contributed by atoms with E-state index in [1.807, 2.05) is 19.1 Å². The summed E-state index contributed by atoms with van der Waals surface area (Å²) in [5.74, 6) is -0.0572. The van der Waals surface area contributed by atoms with Crippen molar-refractivity contribution >= 4 is 46.1 Å². The van der Waals surface area contributed by atoms with Gasteiger partial charge < -0.3 is 11.1 Å². The van der Waals surface area contributed by atoms with Gasteiger partial charge in [-0.1, -0.05) is 30.2 Å². The third-order valence-electron chi connectivity index (χ3n) is 3.48. The minimum absolute atomic E-state index is 0.0572. The molecule has 1 fully saturated rings. The first-order valence-corrected chi connectivity index (χ1v) is 7.42. The highest BCUT2D eigenvalue weighted by atomic mass is 35.5. The van der Waals surface area contributed by atoms with Crippen LogP contribution in [0.1, 0.15) is 37.1 Å². The third kappa shape index (κ3) is 2.39. The zero-order valence-electron chi connectivity index (χ0n) is 10.0. The highest BCUT2D eigenvalue weighted by Crippen LogP contribution is 2.42. The molecule has 3 N–H and O–H groups in total. The molecule has 0 radical (unpaired) electrons. The van der Waals surface area contributed by atoms with E-state index in [0.29, 0.717) is 4.99 Å². The molecule has 0 bridgehead atoms. The fraction of sp³-hybridized carbons (Fsp3) is 0.500. The topological polar surface area (TPSA) is 55.1 Å². The summed E-state index contributed by atoms with van der Waals surface area (Å²) in [6.07, 6.45) is 2.52. The van der Waals surface area contributed by atoms with Gasteiger partial charge in [0.05, 0.1) is 20.8 Å². The molecule has 1 amide bonds. The molecule has 1 heterocycles. The van der Waals surface area contributed by atoms with E-state index < -0.39 is 5.41 Å². The van der Waals surface area contributed by atoms with Crippen LogP contribution in [0.3, 0.4) is 0 Å². The van der Waals surface area contributed by atoms with Crippen molar-refractivity contribution in [1.29, 1.82) is 0 Å². The van der Waals surface area contributed by atoms with E-state index in [1.165, 1.54) is 11.3 Å². The number of rotatable bonds is 4. The summed E-state index contributed by atoms with van der Waals surface area (Å²) in [4.78, 5) is 13.6. The van der Waals surface area contributed by atoms with Crippen molar-refractivity contribution in [2.45, 2.75) is 32.2 Å². The second kappa shape index (κ2) is 5.15. The number of thiophene rings is 1. The lowest BCUT2D eigenvalue weighted by molar-refractivity contribution is -0.131. The van der Waals surface area contributed by atoms with Gasteiger partial charge in [0.1, 0.15) is 0 Å². The average Bonchev–Trinajstić information content (AvgIpc) is 2.62. The number of carbonyl (C=O) groups is 1. The molecular formula is C12H15ClN2OS2. The Balaban J connectivity index is 2.05. The van der Waals surface area contributed by atoms with Gasteiger partial charge in [0, 0.05) is 4.88 Å². The van der Waals surface area contributed by atoms with Gasteiger partial charge in [0.25, 0.3) is 0 Å². The Morgan fingerprint density at radius 3 is 2.67 bits per heavy atom. The average molecular weight is 303 g/mol. The Labute approximate surface area is 121 Å². The van der Waals surface area contributed by atoms with Crippen molar-refractivity contribution in [3.8, 4) is 0 Å². The van der Waals surface area contributed by atoms with E-state index >= 15 is 0 Å². The Morgan fingerprint density at radius 2 is 2.28 bits per heavy atom. The first-order valence-electron chi connectivity index (χ1n) is 5.82. The Morgan fingerprint density at radius 1 is 1.61 bits per heavy atom. The van der Waals surface area contributed by atoms with Crippen LogP contribution in [-0.4, -0.2) is 10.9 Å². The molecule has 18 heavy (non-hydrogen) atoms. The van der Waals surface area contributed by atoms with Crippen molar-refractivity contribution in [2.75, 3.05) is 0 Å². The second-order valence-electron chi connectivity index (χ2n) is 4.64. The fourth-order valence-corrected chi connectivity index (χ4v) is 3.44. The predicted octanol–water partition coefficient (Wildman–Crippen LogP) is 3.04. The molecule has 98 valence electrons. The SMILES string of the molecule is CC(NC(=O)C1(C(N)=S)CCC1)c1ccc(Cl)s1. The maximum atomic E-state index is 12.3. The van der Waals surface area contributed by atoms with Crippen molar-refractivity contribution in [3.63, 3.8) is 0 Å². The van der Waals surface area contributed by atoms with Crippen LogP contribution >= 0.6 is 35.2 Å². The maximum Gasteiger partial charge on any atom is 0.233 e. The number of hydrogen-bond acceptors (Lipinski definition) is 3. The number of hydrogen-bond donors (Lipinski definition) is 2. The fourth-order valence-electron chi connectivity index (χ4n) is 2.08. The van der Waals surface area contributed by atoms with Crippen LogP contribution in [-0.2, 0) is 4.79 Å². The first-order chi connectivity index (χ1) is 8.45. The molecule has 1 unspecified atom stereocenters. The molecule has 0 aromatic carbocycles. The monoisotopic (exact) mass is 302 g/mol. The smallest absolute Gasteiger partial charge is 0.233 e. The van der Waals surface area contributed by atoms with E-state index in [-0.39, 0.29) is 11.9 Å². The van der Waals surface area contributed by atoms with Crippen LogP contribution < -0.4 is 11.1 Å². The Kier molecular flexibility index (Phi) is 3.94. The number of carbonyl (C=O) groups excluding carboxylic acids is 1. The molecule has 0 aliphatic heterocycles. The maximum absolute atomic E-state index is 12.3. The standard InChI is InChI=1S/C12H15ClN2OS2/c1-7(8-3-4-9(13)18-8)15-11(16)12(10(14)17)5-2-6-12/h3-4,7H,2,5-6H2,1H3,(H2,14,17)(H,15,16). The van der Waals surface area contributed by atoms with Crippen LogP contribution in [0.2, 0.25) is 4.34 Å². The van der Waals surface area contributed by atoms with Crippen LogP contribution in [0.5, 0.6) is 0 Å². The summed E-state index contributed by atoms with van der Waals surface area (Å²) in [6.45, 7) is 1.94. The van der Waals surface area contributed by atoms with E-state index in [2.05, 4.69) is 5.32 Å². The molecule has 2 rings (SSSR count). The largest absolute Gasteiger partial charge is 0.392 e. The molecule has 6 heteroatoms.